The van der Waals surface area contributed by atoms with Crippen molar-refractivity contribution >= 4 is 0 Å². The first-order chi connectivity index (χ1) is 8.90. The average Bonchev–Trinajstić information content (AvgIpc) is 3.28. The van der Waals surface area contributed by atoms with Crippen molar-refractivity contribution in [2.45, 2.75) is 51.3 Å². The van der Waals surface area contributed by atoms with Crippen LogP contribution in [-0.4, -0.2) is 12.6 Å². The number of ether oxygens (including phenoxy) is 1. The molecule has 18 heavy (non-hydrogen) atoms. The molecule has 2 saturated carbocycles. The molecule has 2 aliphatic carbocycles. The first kappa shape index (κ1) is 12.2. The molecule has 2 aliphatic rings. The van der Waals surface area contributed by atoms with Crippen LogP contribution in [0.1, 0.15) is 43.2 Å². The zero-order valence-electron chi connectivity index (χ0n) is 11.0. The SMILES string of the molecule is c1cc(COCCC2CC2)ccc1CNC1CC1. The summed E-state index contributed by atoms with van der Waals surface area (Å²) in [6, 6.07) is 9.61. The highest BCUT2D eigenvalue weighted by atomic mass is 16.5. The molecule has 0 saturated heterocycles. The zero-order valence-corrected chi connectivity index (χ0v) is 11.0. The van der Waals surface area contributed by atoms with E-state index in [4.69, 9.17) is 4.74 Å². The second kappa shape index (κ2) is 5.85. The van der Waals surface area contributed by atoms with E-state index in [1.54, 1.807) is 0 Å². The van der Waals surface area contributed by atoms with Gasteiger partial charge in [-0.05, 0) is 36.3 Å². The third-order valence-corrected chi connectivity index (χ3v) is 3.83. The summed E-state index contributed by atoms with van der Waals surface area (Å²) in [7, 11) is 0. The Balaban J connectivity index is 1.35. The molecule has 0 atom stereocenters. The van der Waals surface area contributed by atoms with Gasteiger partial charge in [-0.3, -0.25) is 0 Å². The van der Waals surface area contributed by atoms with E-state index in [0.717, 1.165) is 31.7 Å². The number of hydrogen-bond donors (Lipinski definition) is 1. The van der Waals surface area contributed by atoms with Crippen LogP contribution in [0.3, 0.4) is 0 Å². The van der Waals surface area contributed by atoms with Crippen molar-refractivity contribution in [3.63, 3.8) is 0 Å². The van der Waals surface area contributed by atoms with Gasteiger partial charge < -0.3 is 10.1 Å². The predicted octanol–water partition coefficient (Wildman–Crippen LogP) is 3.26. The van der Waals surface area contributed by atoms with E-state index in [-0.39, 0.29) is 0 Å². The second-order valence-corrected chi connectivity index (χ2v) is 5.76. The van der Waals surface area contributed by atoms with Crippen LogP contribution in [0.2, 0.25) is 0 Å². The Bertz CT molecular complexity index is 365. The van der Waals surface area contributed by atoms with Crippen molar-refractivity contribution in [2.24, 2.45) is 5.92 Å². The maximum atomic E-state index is 5.70. The molecule has 2 fully saturated rings. The lowest BCUT2D eigenvalue weighted by Crippen LogP contribution is -2.15. The van der Waals surface area contributed by atoms with Crippen LogP contribution in [0.25, 0.3) is 0 Å². The number of nitrogens with one attached hydrogen (secondary N) is 1. The molecule has 0 aromatic heterocycles. The minimum atomic E-state index is 0.767. The summed E-state index contributed by atoms with van der Waals surface area (Å²) in [5.41, 5.74) is 2.67. The predicted molar refractivity (Wildman–Crippen MR) is 73.3 cm³/mol. The van der Waals surface area contributed by atoms with Crippen molar-refractivity contribution < 1.29 is 4.74 Å². The van der Waals surface area contributed by atoms with Gasteiger partial charge in [-0.1, -0.05) is 37.1 Å². The van der Waals surface area contributed by atoms with Crippen molar-refractivity contribution in [3.05, 3.63) is 35.4 Å². The normalized spacial score (nSPS) is 19.1. The van der Waals surface area contributed by atoms with Gasteiger partial charge in [-0.25, -0.2) is 0 Å². The Hall–Kier alpha value is -0.860. The quantitative estimate of drug-likeness (QED) is 0.710. The number of hydrogen-bond acceptors (Lipinski definition) is 2. The summed E-state index contributed by atoms with van der Waals surface area (Å²) in [6.07, 6.45) is 6.81. The Labute approximate surface area is 110 Å². The van der Waals surface area contributed by atoms with Crippen molar-refractivity contribution in [1.82, 2.24) is 5.32 Å². The molecule has 3 rings (SSSR count). The van der Waals surface area contributed by atoms with Crippen LogP contribution in [0.4, 0.5) is 0 Å². The molecule has 1 N–H and O–H groups in total. The van der Waals surface area contributed by atoms with E-state index in [0.29, 0.717) is 0 Å². The van der Waals surface area contributed by atoms with E-state index < -0.39 is 0 Å². The van der Waals surface area contributed by atoms with Crippen LogP contribution in [0.5, 0.6) is 0 Å². The van der Waals surface area contributed by atoms with Crippen molar-refractivity contribution in [2.75, 3.05) is 6.61 Å². The molecule has 0 unspecified atom stereocenters. The molecule has 0 bridgehead atoms. The standard InChI is InChI=1S/C16H23NO/c1-2-13(1)9-10-18-12-15-5-3-14(4-6-15)11-17-16-7-8-16/h3-6,13,16-17H,1-2,7-12H2. The van der Waals surface area contributed by atoms with E-state index in [1.165, 1.54) is 43.2 Å². The molecular formula is C16H23NO. The lowest BCUT2D eigenvalue weighted by molar-refractivity contribution is 0.115. The highest BCUT2D eigenvalue weighted by Crippen LogP contribution is 2.32. The molecule has 0 radical (unpaired) electrons. The van der Waals surface area contributed by atoms with Crippen LogP contribution >= 0.6 is 0 Å². The Morgan fingerprint density at radius 3 is 2.39 bits per heavy atom. The maximum Gasteiger partial charge on any atom is 0.0716 e. The highest BCUT2D eigenvalue weighted by molar-refractivity contribution is 5.22. The molecule has 2 heteroatoms. The molecule has 1 aromatic rings. The maximum absolute atomic E-state index is 5.70. The summed E-state index contributed by atoms with van der Waals surface area (Å²) in [6.45, 7) is 2.70. The monoisotopic (exact) mass is 245 g/mol. The largest absolute Gasteiger partial charge is 0.377 e. The van der Waals surface area contributed by atoms with Crippen LogP contribution in [0, 0.1) is 5.92 Å². The lowest BCUT2D eigenvalue weighted by Gasteiger charge is -2.06. The number of rotatable bonds is 8. The second-order valence-electron chi connectivity index (χ2n) is 5.76. The van der Waals surface area contributed by atoms with Crippen molar-refractivity contribution in [3.8, 4) is 0 Å². The summed E-state index contributed by atoms with van der Waals surface area (Å²) in [5, 5.41) is 3.53. The minimum absolute atomic E-state index is 0.767. The van der Waals surface area contributed by atoms with Gasteiger partial charge in [0.1, 0.15) is 0 Å². The van der Waals surface area contributed by atoms with Crippen LogP contribution < -0.4 is 5.32 Å². The van der Waals surface area contributed by atoms with Gasteiger partial charge in [-0.15, -0.1) is 0 Å². The van der Waals surface area contributed by atoms with Crippen LogP contribution in [-0.2, 0) is 17.9 Å². The smallest absolute Gasteiger partial charge is 0.0716 e. The number of benzene rings is 1. The molecular weight excluding hydrogens is 222 g/mol. The minimum Gasteiger partial charge on any atom is -0.377 e. The van der Waals surface area contributed by atoms with Gasteiger partial charge >= 0.3 is 0 Å². The first-order valence-electron chi connectivity index (χ1n) is 7.29. The third-order valence-electron chi connectivity index (χ3n) is 3.83. The molecule has 2 nitrogen and oxygen atoms in total. The summed E-state index contributed by atoms with van der Waals surface area (Å²) < 4.78 is 5.70. The molecule has 0 spiro atoms. The van der Waals surface area contributed by atoms with E-state index in [2.05, 4.69) is 29.6 Å². The summed E-state index contributed by atoms with van der Waals surface area (Å²) in [5.74, 6) is 0.973. The molecule has 0 heterocycles. The van der Waals surface area contributed by atoms with Crippen molar-refractivity contribution in [1.29, 1.82) is 0 Å². The molecule has 98 valence electrons. The Morgan fingerprint density at radius 2 is 1.72 bits per heavy atom. The summed E-state index contributed by atoms with van der Waals surface area (Å²) >= 11 is 0. The van der Waals surface area contributed by atoms with Gasteiger partial charge in [0.2, 0.25) is 0 Å². The lowest BCUT2D eigenvalue weighted by atomic mass is 10.1. The topological polar surface area (TPSA) is 21.3 Å². The molecule has 0 aliphatic heterocycles. The fourth-order valence-corrected chi connectivity index (χ4v) is 2.15. The fraction of sp³-hybridized carbons (Fsp3) is 0.625. The highest BCUT2D eigenvalue weighted by Gasteiger charge is 2.20. The van der Waals surface area contributed by atoms with E-state index in [1.807, 2.05) is 0 Å². The third kappa shape index (κ3) is 4.11. The van der Waals surface area contributed by atoms with Crippen LogP contribution in [0.15, 0.2) is 24.3 Å². The molecule has 1 aromatic carbocycles. The van der Waals surface area contributed by atoms with Gasteiger partial charge in [0.25, 0.3) is 0 Å². The van der Waals surface area contributed by atoms with E-state index in [9.17, 15) is 0 Å². The Morgan fingerprint density at radius 1 is 1.00 bits per heavy atom. The average molecular weight is 245 g/mol. The Kier molecular flexibility index (Phi) is 3.96. The van der Waals surface area contributed by atoms with E-state index >= 15 is 0 Å². The zero-order chi connectivity index (χ0) is 12.2. The fourth-order valence-electron chi connectivity index (χ4n) is 2.15. The first-order valence-corrected chi connectivity index (χ1v) is 7.29. The van der Waals surface area contributed by atoms with Gasteiger partial charge in [0.15, 0.2) is 0 Å². The molecule has 0 amide bonds. The van der Waals surface area contributed by atoms with Gasteiger partial charge in [-0.2, -0.15) is 0 Å². The van der Waals surface area contributed by atoms with Gasteiger partial charge in [0.05, 0.1) is 6.61 Å². The van der Waals surface area contributed by atoms with Gasteiger partial charge in [0, 0.05) is 19.2 Å². The summed E-state index contributed by atoms with van der Waals surface area (Å²) in [4.78, 5) is 0.